The van der Waals surface area contributed by atoms with Gasteiger partial charge in [-0.15, -0.1) is 0 Å². The molecule has 0 atom stereocenters. The van der Waals surface area contributed by atoms with Gasteiger partial charge in [0.2, 0.25) is 10.0 Å². The molecule has 0 unspecified atom stereocenters. The molecular weight excluding hydrogens is 294 g/mol. The molecule has 1 aromatic carbocycles. The van der Waals surface area contributed by atoms with Gasteiger partial charge in [-0.2, -0.15) is 0 Å². The van der Waals surface area contributed by atoms with Gasteiger partial charge in [0.15, 0.2) is 0 Å². The summed E-state index contributed by atoms with van der Waals surface area (Å²) in [6.07, 6.45) is 3.06. The fourth-order valence-electron chi connectivity index (χ4n) is 1.84. The van der Waals surface area contributed by atoms with Crippen LogP contribution in [-0.2, 0) is 21.2 Å². The van der Waals surface area contributed by atoms with Crippen LogP contribution in [0.1, 0.15) is 31.2 Å². The smallest absolute Gasteiger partial charge is 0.307 e. The van der Waals surface area contributed by atoms with Crippen molar-refractivity contribution < 1.29 is 23.4 Å². The van der Waals surface area contributed by atoms with Crippen molar-refractivity contribution in [3.63, 3.8) is 0 Å². The van der Waals surface area contributed by atoms with Crippen molar-refractivity contribution in [3.05, 3.63) is 29.8 Å². The van der Waals surface area contributed by atoms with Crippen molar-refractivity contribution >= 4 is 16.0 Å². The molecule has 0 aliphatic heterocycles. The maximum absolute atomic E-state index is 12.0. The molecule has 1 rings (SSSR count). The third-order valence-electron chi connectivity index (χ3n) is 2.97. The van der Waals surface area contributed by atoms with Crippen molar-refractivity contribution in [3.8, 4) is 0 Å². The monoisotopic (exact) mass is 315 g/mol. The maximum Gasteiger partial charge on any atom is 0.307 e. The molecule has 21 heavy (non-hydrogen) atoms. The minimum Gasteiger partial charge on any atom is -0.481 e. The highest BCUT2D eigenvalue weighted by molar-refractivity contribution is 7.89. The molecular formula is C14H21NO5S. The summed E-state index contributed by atoms with van der Waals surface area (Å²) in [6.45, 7) is 0.513. The number of hydrogen-bond donors (Lipinski definition) is 3. The van der Waals surface area contributed by atoms with Gasteiger partial charge in [0.25, 0.3) is 0 Å². The average Bonchev–Trinajstić information content (AvgIpc) is 2.42. The predicted octanol–water partition coefficient (Wildman–Crippen LogP) is 1.14. The molecule has 0 saturated heterocycles. The molecule has 0 aromatic heterocycles. The number of carboxylic acid groups (broad SMARTS) is 1. The first-order chi connectivity index (χ1) is 9.95. The van der Waals surface area contributed by atoms with E-state index in [9.17, 15) is 13.2 Å². The van der Waals surface area contributed by atoms with Crippen LogP contribution in [0.25, 0.3) is 0 Å². The van der Waals surface area contributed by atoms with Gasteiger partial charge in [-0.3, -0.25) is 4.79 Å². The predicted molar refractivity (Wildman–Crippen MR) is 78.5 cm³/mol. The standard InChI is InChI=1S/C14H21NO5S/c16-10-4-2-1-3-9-15-21(19,20)13-7-5-12(6-8-13)11-14(17)18/h5-8,15-16H,1-4,9-11H2,(H,17,18). The van der Waals surface area contributed by atoms with E-state index >= 15 is 0 Å². The number of carbonyl (C=O) groups is 1. The first-order valence-corrected chi connectivity index (χ1v) is 8.35. The van der Waals surface area contributed by atoms with Crippen molar-refractivity contribution in [2.45, 2.75) is 37.0 Å². The van der Waals surface area contributed by atoms with Crippen LogP contribution in [0.3, 0.4) is 0 Å². The number of sulfonamides is 1. The number of aliphatic hydroxyl groups excluding tert-OH is 1. The molecule has 0 aliphatic carbocycles. The maximum atomic E-state index is 12.0. The lowest BCUT2D eigenvalue weighted by molar-refractivity contribution is -0.136. The molecule has 7 heteroatoms. The van der Waals surface area contributed by atoms with Crippen LogP contribution >= 0.6 is 0 Å². The summed E-state index contributed by atoms with van der Waals surface area (Å²) < 4.78 is 26.5. The number of hydrogen-bond acceptors (Lipinski definition) is 4. The zero-order valence-electron chi connectivity index (χ0n) is 11.8. The van der Waals surface area contributed by atoms with Gasteiger partial charge in [-0.1, -0.05) is 25.0 Å². The second-order valence-electron chi connectivity index (χ2n) is 4.75. The van der Waals surface area contributed by atoms with Crippen molar-refractivity contribution in [1.29, 1.82) is 0 Å². The van der Waals surface area contributed by atoms with Crippen LogP contribution in [-0.4, -0.2) is 37.8 Å². The molecule has 118 valence electrons. The summed E-state index contributed by atoms with van der Waals surface area (Å²) in [7, 11) is -3.55. The summed E-state index contributed by atoms with van der Waals surface area (Å²) in [5.41, 5.74) is 0.561. The van der Waals surface area contributed by atoms with Gasteiger partial charge in [0, 0.05) is 13.2 Å². The summed E-state index contributed by atoms with van der Waals surface area (Å²) in [5.74, 6) is -0.952. The van der Waals surface area contributed by atoms with Gasteiger partial charge in [-0.25, -0.2) is 13.1 Å². The fourth-order valence-corrected chi connectivity index (χ4v) is 2.92. The lowest BCUT2D eigenvalue weighted by Crippen LogP contribution is -2.24. The van der Waals surface area contributed by atoms with Crippen LogP contribution in [0.2, 0.25) is 0 Å². The Labute approximate surface area is 124 Å². The van der Waals surface area contributed by atoms with E-state index in [1.54, 1.807) is 0 Å². The summed E-state index contributed by atoms with van der Waals surface area (Å²) in [4.78, 5) is 10.7. The highest BCUT2D eigenvalue weighted by atomic mass is 32.2. The number of aliphatic carboxylic acids is 1. The molecule has 0 saturated carbocycles. The van der Waals surface area contributed by atoms with Gasteiger partial charge >= 0.3 is 5.97 Å². The van der Waals surface area contributed by atoms with E-state index in [0.717, 1.165) is 25.7 Å². The third kappa shape index (κ3) is 6.70. The number of benzene rings is 1. The second-order valence-corrected chi connectivity index (χ2v) is 6.52. The Morgan fingerprint density at radius 1 is 1.05 bits per heavy atom. The minimum absolute atomic E-state index is 0.126. The van der Waals surface area contributed by atoms with Crippen LogP contribution in [0.4, 0.5) is 0 Å². The quantitative estimate of drug-likeness (QED) is 0.562. The second kappa shape index (κ2) is 8.76. The van der Waals surface area contributed by atoms with Crippen LogP contribution in [0, 0.1) is 0 Å². The average molecular weight is 315 g/mol. The van der Waals surface area contributed by atoms with E-state index in [0.29, 0.717) is 12.1 Å². The molecule has 0 bridgehead atoms. The molecule has 0 radical (unpaired) electrons. The van der Waals surface area contributed by atoms with E-state index in [1.165, 1.54) is 24.3 Å². The first kappa shape index (κ1) is 17.6. The number of carboxylic acids is 1. The van der Waals surface area contributed by atoms with E-state index < -0.39 is 16.0 Å². The summed E-state index contributed by atoms with van der Waals surface area (Å²) >= 11 is 0. The van der Waals surface area contributed by atoms with Gasteiger partial charge in [0.1, 0.15) is 0 Å². The molecule has 1 aromatic rings. The number of nitrogens with one attached hydrogen (secondary N) is 1. The fraction of sp³-hybridized carbons (Fsp3) is 0.500. The van der Waals surface area contributed by atoms with Crippen molar-refractivity contribution in [2.75, 3.05) is 13.2 Å². The summed E-state index contributed by atoms with van der Waals surface area (Å²) in [5, 5.41) is 17.3. The van der Waals surface area contributed by atoms with Crippen molar-refractivity contribution in [1.82, 2.24) is 4.72 Å². The number of unbranched alkanes of at least 4 members (excludes halogenated alkanes) is 3. The van der Waals surface area contributed by atoms with E-state index in [-0.39, 0.29) is 17.9 Å². The zero-order valence-corrected chi connectivity index (χ0v) is 12.6. The SMILES string of the molecule is O=C(O)Cc1ccc(S(=O)(=O)NCCCCCCO)cc1. The Hall–Kier alpha value is -1.44. The minimum atomic E-state index is -3.55. The van der Waals surface area contributed by atoms with E-state index in [4.69, 9.17) is 10.2 Å². The van der Waals surface area contributed by atoms with E-state index in [2.05, 4.69) is 4.72 Å². The zero-order chi connectivity index (χ0) is 15.7. The molecule has 0 fully saturated rings. The van der Waals surface area contributed by atoms with Crippen LogP contribution in [0.5, 0.6) is 0 Å². The first-order valence-electron chi connectivity index (χ1n) is 6.87. The van der Waals surface area contributed by atoms with Gasteiger partial charge in [-0.05, 0) is 30.5 Å². The normalized spacial score (nSPS) is 11.5. The Morgan fingerprint density at radius 2 is 1.67 bits per heavy atom. The molecule has 0 amide bonds. The van der Waals surface area contributed by atoms with Crippen LogP contribution in [0.15, 0.2) is 29.2 Å². The molecule has 0 spiro atoms. The Balaban J connectivity index is 2.48. The molecule has 0 heterocycles. The Bertz CT molecular complexity index is 539. The molecule has 6 nitrogen and oxygen atoms in total. The highest BCUT2D eigenvalue weighted by Gasteiger charge is 2.13. The van der Waals surface area contributed by atoms with Gasteiger partial charge in [0.05, 0.1) is 11.3 Å². The largest absolute Gasteiger partial charge is 0.481 e. The molecule has 3 N–H and O–H groups in total. The number of rotatable bonds is 10. The molecule has 0 aliphatic rings. The third-order valence-corrected chi connectivity index (χ3v) is 4.44. The highest BCUT2D eigenvalue weighted by Crippen LogP contribution is 2.11. The van der Waals surface area contributed by atoms with Gasteiger partial charge < -0.3 is 10.2 Å². The lowest BCUT2D eigenvalue weighted by Gasteiger charge is -2.07. The topological polar surface area (TPSA) is 104 Å². The Kier molecular flexibility index (Phi) is 7.35. The van der Waals surface area contributed by atoms with Crippen molar-refractivity contribution in [2.24, 2.45) is 0 Å². The summed E-state index contributed by atoms with van der Waals surface area (Å²) in [6, 6.07) is 5.83. The lowest BCUT2D eigenvalue weighted by atomic mass is 10.2. The number of aliphatic hydroxyl groups is 1. The van der Waals surface area contributed by atoms with E-state index in [1.807, 2.05) is 0 Å². The Morgan fingerprint density at radius 3 is 2.24 bits per heavy atom. The van der Waals surface area contributed by atoms with Crippen LogP contribution < -0.4 is 4.72 Å².